The first-order valence-corrected chi connectivity index (χ1v) is 14.3. The molecule has 0 fully saturated rings. The fraction of sp³-hybridized carbons (Fsp3) is 0.345. The highest BCUT2D eigenvalue weighted by Crippen LogP contribution is 2.33. The van der Waals surface area contributed by atoms with Crippen LogP contribution in [0.3, 0.4) is 0 Å². The van der Waals surface area contributed by atoms with E-state index in [1.807, 2.05) is 63.2 Å². The number of nitrogens with zero attached hydrogens (tertiary/aromatic N) is 2. The van der Waals surface area contributed by atoms with E-state index in [-0.39, 0.29) is 34.3 Å². The lowest BCUT2D eigenvalue weighted by atomic mass is 9.91. The Morgan fingerprint density at radius 2 is 1.73 bits per heavy atom. The van der Waals surface area contributed by atoms with Gasteiger partial charge >= 0.3 is 5.97 Å². The minimum Gasteiger partial charge on any atom is -0.489 e. The summed E-state index contributed by atoms with van der Waals surface area (Å²) in [5.41, 5.74) is 1.21. The molecule has 0 aromatic heterocycles. The maximum atomic E-state index is 13.3. The fourth-order valence-electron chi connectivity index (χ4n) is 4.48. The zero-order chi connectivity index (χ0) is 29.6. The molecule has 2 N–H and O–H groups in total. The Labute approximate surface area is 234 Å². The molecule has 0 aliphatic rings. The van der Waals surface area contributed by atoms with Crippen molar-refractivity contribution in [2.24, 2.45) is 0 Å². The summed E-state index contributed by atoms with van der Waals surface area (Å²) < 4.78 is 35.0. The second-order valence-corrected chi connectivity index (χ2v) is 11.4. The number of sulfonamides is 1. The molecule has 10 nitrogen and oxygen atoms in total. The number of amides is 1. The van der Waals surface area contributed by atoms with E-state index < -0.39 is 34.6 Å². The van der Waals surface area contributed by atoms with Crippen molar-refractivity contribution < 1.29 is 32.6 Å². The third kappa shape index (κ3) is 7.04. The Hall–Kier alpha value is -3.80. The van der Waals surface area contributed by atoms with Gasteiger partial charge in [-0.2, -0.15) is 0 Å². The molecule has 3 rings (SSSR count). The first kappa shape index (κ1) is 30.7. The molecule has 0 bridgehead atoms. The van der Waals surface area contributed by atoms with Crippen molar-refractivity contribution in [3.8, 4) is 5.75 Å². The highest BCUT2D eigenvalue weighted by Gasteiger charge is 2.29. The standard InChI is InChI=1S/C29H35N3O7S/c1-6-32(31(4)5)29(36)22-14-15-27(40(37,38)30-23(18-33)17-28(34)35)26(16-22)39-20(3)19(2)24-13-9-11-21-10-7-8-12-25(21)24/h7-16,18-20,23,30H,6,17H2,1-5H3,(H,34,35)/t19-,20+,23?/m0/s1. The molecule has 3 atom stereocenters. The Bertz CT molecular complexity index is 1480. The average Bonchev–Trinajstić information content (AvgIpc) is 2.91. The van der Waals surface area contributed by atoms with Gasteiger partial charge in [-0.3, -0.25) is 14.6 Å². The molecule has 0 saturated heterocycles. The van der Waals surface area contributed by atoms with Gasteiger partial charge in [0.25, 0.3) is 5.91 Å². The van der Waals surface area contributed by atoms with Gasteiger partial charge < -0.3 is 14.6 Å². The van der Waals surface area contributed by atoms with E-state index in [1.54, 1.807) is 19.1 Å². The van der Waals surface area contributed by atoms with Crippen LogP contribution in [0.2, 0.25) is 0 Å². The molecule has 0 saturated carbocycles. The van der Waals surface area contributed by atoms with Crippen LogP contribution in [0.1, 0.15) is 49.0 Å². The zero-order valence-corrected chi connectivity index (χ0v) is 24.0. The monoisotopic (exact) mass is 569 g/mol. The van der Waals surface area contributed by atoms with E-state index in [0.717, 1.165) is 16.3 Å². The van der Waals surface area contributed by atoms with Gasteiger partial charge in [-0.15, -0.1) is 0 Å². The van der Waals surface area contributed by atoms with Crippen molar-refractivity contribution in [2.45, 2.75) is 50.2 Å². The van der Waals surface area contributed by atoms with E-state index in [0.29, 0.717) is 6.54 Å². The number of fused-ring (bicyclic) bond motifs is 1. The molecule has 1 unspecified atom stereocenters. The Morgan fingerprint density at radius 3 is 2.35 bits per heavy atom. The van der Waals surface area contributed by atoms with Crippen LogP contribution in [-0.4, -0.2) is 74.5 Å². The number of carboxylic acids is 1. The molecule has 1 amide bonds. The van der Waals surface area contributed by atoms with Crippen LogP contribution in [-0.2, 0) is 19.6 Å². The molecule has 3 aromatic rings. The molecular weight excluding hydrogens is 534 g/mol. The number of aldehydes is 1. The summed E-state index contributed by atoms with van der Waals surface area (Å²) in [6.45, 7) is 5.97. The predicted octanol–water partition coefficient (Wildman–Crippen LogP) is 3.67. The minimum absolute atomic E-state index is 0.0901. The van der Waals surface area contributed by atoms with Gasteiger partial charge in [-0.25, -0.2) is 18.1 Å². The molecule has 0 spiro atoms. The molecule has 0 heterocycles. The van der Waals surface area contributed by atoms with Gasteiger partial charge in [0.15, 0.2) is 0 Å². The van der Waals surface area contributed by atoms with Crippen LogP contribution in [0.25, 0.3) is 10.8 Å². The molecule has 3 aromatic carbocycles. The number of carboxylic acid groups (broad SMARTS) is 1. The molecule has 0 aliphatic heterocycles. The number of hydrogen-bond donors (Lipinski definition) is 2. The first-order chi connectivity index (χ1) is 18.9. The van der Waals surface area contributed by atoms with Crippen molar-refractivity contribution >= 4 is 39.0 Å². The topological polar surface area (TPSA) is 133 Å². The Kier molecular flexibility index (Phi) is 10.0. The quantitative estimate of drug-likeness (QED) is 0.235. The van der Waals surface area contributed by atoms with E-state index >= 15 is 0 Å². The van der Waals surface area contributed by atoms with Crippen molar-refractivity contribution in [1.29, 1.82) is 0 Å². The number of hydrazine groups is 1. The highest BCUT2D eigenvalue weighted by molar-refractivity contribution is 7.89. The maximum absolute atomic E-state index is 13.3. The summed E-state index contributed by atoms with van der Waals surface area (Å²) in [7, 11) is -0.968. The third-order valence-corrected chi connectivity index (χ3v) is 8.22. The van der Waals surface area contributed by atoms with E-state index in [4.69, 9.17) is 9.84 Å². The van der Waals surface area contributed by atoms with Crippen molar-refractivity contribution in [3.63, 3.8) is 0 Å². The second kappa shape index (κ2) is 13.0. The number of hydrogen-bond acceptors (Lipinski definition) is 7. The Balaban J connectivity index is 2.05. The first-order valence-electron chi connectivity index (χ1n) is 12.9. The van der Waals surface area contributed by atoms with Crippen molar-refractivity contribution in [3.05, 3.63) is 71.8 Å². The van der Waals surface area contributed by atoms with E-state index in [1.165, 1.54) is 23.2 Å². The number of nitrogens with one attached hydrogen (secondary N) is 1. The van der Waals surface area contributed by atoms with Crippen LogP contribution in [0.5, 0.6) is 5.75 Å². The molecule has 214 valence electrons. The van der Waals surface area contributed by atoms with Gasteiger partial charge in [0.1, 0.15) is 23.0 Å². The normalized spacial score (nSPS) is 13.9. The fourth-order valence-corrected chi connectivity index (χ4v) is 5.77. The SMILES string of the molecule is CCN(C(=O)c1ccc(S(=O)(=O)NC(C=O)CC(=O)O)c(O[C@H](C)[C@H](C)c2cccc3ccccc23)c1)N(C)C. The van der Waals surface area contributed by atoms with Gasteiger partial charge in [0, 0.05) is 32.1 Å². The smallest absolute Gasteiger partial charge is 0.305 e. The lowest BCUT2D eigenvalue weighted by Crippen LogP contribution is -2.41. The van der Waals surface area contributed by atoms with Crippen LogP contribution in [0.4, 0.5) is 0 Å². The van der Waals surface area contributed by atoms with E-state index in [9.17, 15) is 22.8 Å². The van der Waals surface area contributed by atoms with Gasteiger partial charge in [-0.1, -0.05) is 49.4 Å². The van der Waals surface area contributed by atoms with Gasteiger partial charge in [0.2, 0.25) is 10.0 Å². The number of ether oxygens (including phenoxy) is 1. The second-order valence-electron chi connectivity index (χ2n) is 9.67. The molecular formula is C29H35N3O7S. The largest absolute Gasteiger partial charge is 0.489 e. The third-order valence-electron chi connectivity index (χ3n) is 6.69. The number of carbonyl (C=O) groups is 3. The number of rotatable bonds is 13. The molecule has 0 aliphatic carbocycles. The van der Waals surface area contributed by atoms with Crippen LogP contribution in [0.15, 0.2) is 65.6 Å². The summed E-state index contributed by atoms with van der Waals surface area (Å²) >= 11 is 0. The minimum atomic E-state index is -4.41. The Morgan fingerprint density at radius 1 is 1.05 bits per heavy atom. The number of aliphatic carboxylic acids is 1. The van der Waals surface area contributed by atoms with Crippen molar-refractivity contribution in [2.75, 3.05) is 20.6 Å². The zero-order valence-electron chi connectivity index (χ0n) is 23.2. The molecule has 0 radical (unpaired) electrons. The van der Waals surface area contributed by atoms with Crippen molar-refractivity contribution in [1.82, 2.24) is 14.7 Å². The number of benzene rings is 3. The van der Waals surface area contributed by atoms with Crippen LogP contribution < -0.4 is 9.46 Å². The summed E-state index contributed by atoms with van der Waals surface area (Å²) in [6.07, 6.45) is -1.04. The summed E-state index contributed by atoms with van der Waals surface area (Å²) in [6, 6.07) is 16.3. The van der Waals surface area contributed by atoms with Crippen LogP contribution >= 0.6 is 0 Å². The lowest BCUT2D eigenvalue weighted by molar-refractivity contribution is -0.138. The summed E-state index contributed by atoms with van der Waals surface area (Å²) in [5, 5.41) is 14.3. The van der Waals surface area contributed by atoms with Crippen LogP contribution in [0, 0.1) is 0 Å². The number of carbonyl (C=O) groups excluding carboxylic acids is 2. The average molecular weight is 570 g/mol. The maximum Gasteiger partial charge on any atom is 0.305 e. The molecule has 11 heteroatoms. The van der Waals surface area contributed by atoms with E-state index in [2.05, 4.69) is 4.72 Å². The molecule has 40 heavy (non-hydrogen) atoms. The predicted molar refractivity (Wildman–Crippen MR) is 152 cm³/mol. The van der Waals surface area contributed by atoms with Gasteiger partial charge in [0.05, 0.1) is 12.5 Å². The lowest BCUT2D eigenvalue weighted by Gasteiger charge is -2.28. The summed E-state index contributed by atoms with van der Waals surface area (Å²) in [5.74, 6) is -1.97. The van der Waals surface area contributed by atoms with Gasteiger partial charge in [-0.05, 0) is 48.4 Å². The summed E-state index contributed by atoms with van der Waals surface area (Å²) in [4.78, 5) is 35.4. The highest BCUT2D eigenvalue weighted by atomic mass is 32.2.